The van der Waals surface area contributed by atoms with Crippen LogP contribution in [0, 0.1) is 0 Å². The molecule has 2 heterocycles. The van der Waals surface area contributed by atoms with Crippen LogP contribution in [0.25, 0.3) is 0 Å². The predicted molar refractivity (Wildman–Crippen MR) is 82.7 cm³/mol. The van der Waals surface area contributed by atoms with Gasteiger partial charge >= 0.3 is 0 Å². The van der Waals surface area contributed by atoms with E-state index < -0.39 is 0 Å². The van der Waals surface area contributed by atoms with Gasteiger partial charge in [0.15, 0.2) is 0 Å². The number of nitrogens with zero attached hydrogens (tertiary/aromatic N) is 4. The monoisotopic (exact) mass is 276 g/mol. The summed E-state index contributed by atoms with van der Waals surface area (Å²) < 4.78 is 0. The van der Waals surface area contributed by atoms with Crippen molar-refractivity contribution in [3.63, 3.8) is 0 Å². The van der Waals surface area contributed by atoms with Crippen LogP contribution in [0.2, 0.25) is 0 Å². The lowest BCUT2D eigenvalue weighted by molar-refractivity contribution is 0.243. The van der Waals surface area contributed by atoms with Gasteiger partial charge in [-0.1, -0.05) is 13.8 Å². The smallest absolute Gasteiger partial charge is 0.131 e. The molecule has 1 unspecified atom stereocenters. The molecule has 0 bridgehead atoms. The first kappa shape index (κ1) is 15.4. The summed E-state index contributed by atoms with van der Waals surface area (Å²) in [6, 6.07) is 2.79. The molecular weight excluding hydrogens is 248 g/mol. The standard InChI is InChI=1S/C16H28N4/c1-13(2)16-17-9-7-14(18-16)12-20-10-5-6-15(8-11-20)19(3)4/h7,9,13,15H,5-6,8,10-12H2,1-4H3. The van der Waals surface area contributed by atoms with Crippen molar-refractivity contribution < 1.29 is 0 Å². The summed E-state index contributed by atoms with van der Waals surface area (Å²) in [6.45, 7) is 7.61. The molecule has 1 atom stereocenters. The molecule has 1 aliphatic heterocycles. The lowest BCUT2D eigenvalue weighted by atomic mass is 10.1. The van der Waals surface area contributed by atoms with E-state index in [1.807, 2.05) is 6.20 Å². The second kappa shape index (κ2) is 7.14. The SMILES string of the molecule is CC(C)c1nccc(CN2CCCC(N(C)C)CC2)n1. The van der Waals surface area contributed by atoms with Crippen LogP contribution in [-0.2, 0) is 6.54 Å². The Kier molecular flexibility index (Phi) is 5.49. The van der Waals surface area contributed by atoms with E-state index in [1.165, 1.54) is 32.4 Å². The zero-order chi connectivity index (χ0) is 14.5. The van der Waals surface area contributed by atoms with E-state index >= 15 is 0 Å². The molecule has 0 N–H and O–H groups in total. The molecule has 1 saturated heterocycles. The molecule has 4 heteroatoms. The first-order valence-corrected chi connectivity index (χ1v) is 7.77. The highest BCUT2D eigenvalue weighted by Gasteiger charge is 2.18. The summed E-state index contributed by atoms with van der Waals surface area (Å²) in [4.78, 5) is 13.9. The maximum atomic E-state index is 4.69. The van der Waals surface area contributed by atoms with Crippen LogP contribution >= 0.6 is 0 Å². The maximum absolute atomic E-state index is 4.69. The Morgan fingerprint density at radius 1 is 1.30 bits per heavy atom. The fourth-order valence-corrected chi connectivity index (χ4v) is 2.82. The van der Waals surface area contributed by atoms with Crippen molar-refractivity contribution in [1.29, 1.82) is 0 Å². The van der Waals surface area contributed by atoms with Gasteiger partial charge in [-0.2, -0.15) is 0 Å². The molecule has 0 saturated carbocycles. The molecule has 1 aromatic heterocycles. The van der Waals surface area contributed by atoms with Gasteiger partial charge in [-0.3, -0.25) is 4.90 Å². The molecule has 112 valence electrons. The van der Waals surface area contributed by atoms with Crippen molar-refractivity contribution in [3.05, 3.63) is 23.8 Å². The van der Waals surface area contributed by atoms with Crippen molar-refractivity contribution in [2.75, 3.05) is 27.2 Å². The fourth-order valence-electron chi connectivity index (χ4n) is 2.82. The lowest BCUT2D eigenvalue weighted by Crippen LogP contribution is -2.30. The topological polar surface area (TPSA) is 32.3 Å². The van der Waals surface area contributed by atoms with Crippen molar-refractivity contribution in [2.45, 2.75) is 51.6 Å². The van der Waals surface area contributed by atoms with Crippen LogP contribution < -0.4 is 0 Å². The summed E-state index contributed by atoms with van der Waals surface area (Å²) in [5.41, 5.74) is 1.16. The third-order valence-corrected chi connectivity index (χ3v) is 4.15. The van der Waals surface area contributed by atoms with E-state index in [1.54, 1.807) is 0 Å². The normalized spacial score (nSPS) is 21.4. The number of aromatic nitrogens is 2. The van der Waals surface area contributed by atoms with Crippen LogP contribution in [0.1, 0.15) is 50.5 Å². The van der Waals surface area contributed by atoms with E-state index in [2.05, 4.69) is 53.8 Å². The van der Waals surface area contributed by atoms with Gasteiger partial charge in [-0.25, -0.2) is 9.97 Å². The molecule has 0 amide bonds. The van der Waals surface area contributed by atoms with E-state index in [9.17, 15) is 0 Å². The summed E-state index contributed by atoms with van der Waals surface area (Å²) in [5, 5.41) is 0. The number of likely N-dealkylation sites (tertiary alicyclic amines) is 1. The molecule has 0 spiro atoms. The number of hydrogen-bond acceptors (Lipinski definition) is 4. The molecule has 20 heavy (non-hydrogen) atoms. The minimum Gasteiger partial charge on any atom is -0.306 e. The van der Waals surface area contributed by atoms with Crippen LogP contribution in [0.15, 0.2) is 12.3 Å². The van der Waals surface area contributed by atoms with Gasteiger partial charge in [0.05, 0.1) is 5.69 Å². The van der Waals surface area contributed by atoms with Crippen molar-refractivity contribution >= 4 is 0 Å². The Balaban J connectivity index is 1.94. The van der Waals surface area contributed by atoms with Gasteiger partial charge in [0, 0.05) is 31.2 Å². The average molecular weight is 276 g/mol. The highest BCUT2D eigenvalue weighted by Crippen LogP contribution is 2.16. The second-order valence-electron chi connectivity index (χ2n) is 6.39. The highest BCUT2D eigenvalue weighted by atomic mass is 15.2. The first-order chi connectivity index (χ1) is 9.56. The Morgan fingerprint density at radius 3 is 2.80 bits per heavy atom. The predicted octanol–water partition coefficient (Wildman–Crippen LogP) is 2.52. The molecule has 0 aliphatic carbocycles. The summed E-state index contributed by atoms with van der Waals surface area (Å²) in [5.74, 6) is 1.36. The van der Waals surface area contributed by atoms with Crippen LogP contribution in [0.3, 0.4) is 0 Å². The minimum absolute atomic E-state index is 0.400. The minimum atomic E-state index is 0.400. The molecule has 1 aromatic rings. The number of hydrogen-bond donors (Lipinski definition) is 0. The summed E-state index contributed by atoms with van der Waals surface area (Å²) in [6.07, 6.45) is 5.75. The molecule has 1 fully saturated rings. The van der Waals surface area contributed by atoms with E-state index in [4.69, 9.17) is 0 Å². The molecular formula is C16H28N4. The molecule has 2 rings (SSSR count). The van der Waals surface area contributed by atoms with Crippen molar-refractivity contribution in [2.24, 2.45) is 0 Å². The first-order valence-electron chi connectivity index (χ1n) is 7.77. The Labute approximate surface area is 123 Å². The van der Waals surface area contributed by atoms with Crippen molar-refractivity contribution in [3.8, 4) is 0 Å². The van der Waals surface area contributed by atoms with E-state index in [-0.39, 0.29) is 0 Å². The Bertz CT molecular complexity index is 417. The largest absolute Gasteiger partial charge is 0.306 e. The van der Waals surface area contributed by atoms with Gasteiger partial charge in [-0.05, 0) is 46.0 Å². The van der Waals surface area contributed by atoms with Gasteiger partial charge in [0.25, 0.3) is 0 Å². The zero-order valence-corrected chi connectivity index (χ0v) is 13.3. The van der Waals surface area contributed by atoms with Crippen molar-refractivity contribution in [1.82, 2.24) is 19.8 Å². The quantitative estimate of drug-likeness (QED) is 0.846. The molecule has 4 nitrogen and oxygen atoms in total. The highest BCUT2D eigenvalue weighted by molar-refractivity contribution is 5.04. The molecule has 0 radical (unpaired) electrons. The molecule has 1 aliphatic rings. The third kappa shape index (κ3) is 4.25. The van der Waals surface area contributed by atoms with Crippen LogP contribution in [-0.4, -0.2) is 53.0 Å². The van der Waals surface area contributed by atoms with Crippen LogP contribution in [0.4, 0.5) is 0 Å². The second-order valence-corrected chi connectivity index (χ2v) is 6.39. The zero-order valence-electron chi connectivity index (χ0n) is 13.3. The maximum Gasteiger partial charge on any atom is 0.131 e. The number of rotatable bonds is 4. The van der Waals surface area contributed by atoms with Gasteiger partial charge in [0.2, 0.25) is 0 Å². The van der Waals surface area contributed by atoms with Crippen LogP contribution in [0.5, 0.6) is 0 Å². The van der Waals surface area contributed by atoms with Gasteiger partial charge < -0.3 is 4.90 Å². The summed E-state index contributed by atoms with van der Waals surface area (Å²) in [7, 11) is 4.39. The Hall–Kier alpha value is -1.00. The van der Waals surface area contributed by atoms with E-state index in [0.29, 0.717) is 5.92 Å². The summed E-state index contributed by atoms with van der Waals surface area (Å²) >= 11 is 0. The lowest BCUT2D eigenvalue weighted by Gasteiger charge is -2.23. The fraction of sp³-hybridized carbons (Fsp3) is 0.750. The van der Waals surface area contributed by atoms with E-state index in [0.717, 1.165) is 24.1 Å². The average Bonchev–Trinajstić information content (AvgIpc) is 2.65. The Morgan fingerprint density at radius 2 is 2.10 bits per heavy atom. The third-order valence-electron chi connectivity index (χ3n) is 4.15. The van der Waals surface area contributed by atoms with Gasteiger partial charge in [-0.15, -0.1) is 0 Å². The van der Waals surface area contributed by atoms with Gasteiger partial charge in [0.1, 0.15) is 5.82 Å². The molecule has 0 aromatic carbocycles.